The molecule has 4 nitrogen and oxygen atoms in total. The first-order chi connectivity index (χ1) is 9.00. The first-order valence-corrected chi connectivity index (χ1v) is 9.13. The lowest BCUT2D eigenvalue weighted by molar-refractivity contribution is 0.347. The van der Waals surface area contributed by atoms with Crippen LogP contribution in [0.15, 0.2) is 15.7 Å². The van der Waals surface area contributed by atoms with Crippen molar-refractivity contribution in [3.8, 4) is 0 Å². The van der Waals surface area contributed by atoms with E-state index in [9.17, 15) is 8.42 Å². The number of nitrogens with zero attached hydrogens (tertiary/aromatic N) is 1. The molecule has 1 aliphatic rings. The molecule has 0 spiro atoms. The molecule has 108 valence electrons. The van der Waals surface area contributed by atoms with E-state index in [4.69, 9.17) is 0 Å². The minimum atomic E-state index is -3.26. The van der Waals surface area contributed by atoms with E-state index < -0.39 is 10.0 Å². The molecule has 0 aliphatic carbocycles. The molecule has 0 amide bonds. The number of sulfonamides is 1. The van der Waals surface area contributed by atoms with Crippen molar-refractivity contribution >= 4 is 21.4 Å². The van der Waals surface area contributed by atoms with E-state index >= 15 is 0 Å². The molecule has 1 aromatic rings. The maximum absolute atomic E-state index is 12.5. The fraction of sp³-hybridized carbons (Fsp3) is 0.692. The smallest absolute Gasteiger partial charge is 0.252 e. The monoisotopic (exact) mass is 302 g/mol. The molecule has 2 rings (SSSR count). The van der Waals surface area contributed by atoms with E-state index in [0.29, 0.717) is 23.3 Å². The third kappa shape index (κ3) is 3.78. The van der Waals surface area contributed by atoms with Gasteiger partial charge in [0.1, 0.15) is 4.21 Å². The minimum Gasteiger partial charge on any atom is -0.310 e. The Hall–Kier alpha value is -0.430. The van der Waals surface area contributed by atoms with Crippen LogP contribution in [-0.4, -0.2) is 31.9 Å². The zero-order valence-electron chi connectivity index (χ0n) is 11.6. The van der Waals surface area contributed by atoms with E-state index in [1.54, 1.807) is 4.31 Å². The third-order valence-corrected chi connectivity index (χ3v) is 6.62. The quantitative estimate of drug-likeness (QED) is 0.909. The highest BCUT2D eigenvalue weighted by Gasteiger charge is 2.27. The fourth-order valence-corrected chi connectivity index (χ4v) is 5.01. The van der Waals surface area contributed by atoms with Gasteiger partial charge in [-0.05, 0) is 29.9 Å². The van der Waals surface area contributed by atoms with Gasteiger partial charge in [-0.15, -0.1) is 11.3 Å². The van der Waals surface area contributed by atoms with Gasteiger partial charge in [0, 0.05) is 25.7 Å². The molecule has 6 heteroatoms. The molecule has 0 unspecified atom stereocenters. The summed E-state index contributed by atoms with van der Waals surface area (Å²) in [5, 5.41) is 5.24. The number of piperidine rings is 1. The molecule has 0 aromatic carbocycles. The predicted octanol–water partition coefficient (Wildman–Crippen LogP) is 2.42. The van der Waals surface area contributed by atoms with Gasteiger partial charge in [0.15, 0.2) is 0 Å². The van der Waals surface area contributed by atoms with Crippen molar-refractivity contribution in [1.82, 2.24) is 9.62 Å². The van der Waals surface area contributed by atoms with Crippen LogP contribution >= 0.6 is 11.3 Å². The molecule has 1 saturated heterocycles. The van der Waals surface area contributed by atoms with Crippen LogP contribution in [0.4, 0.5) is 0 Å². The zero-order valence-corrected chi connectivity index (χ0v) is 13.2. The lowest BCUT2D eigenvalue weighted by Crippen LogP contribution is -2.35. The Morgan fingerprint density at radius 2 is 2.00 bits per heavy atom. The first kappa shape index (κ1) is 15.0. The van der Waals surface area contributed by atoms with Gasteiger partial charge < -0.3 is 5.32 Å². The van der Waals surface area contributed by atoms with Crippen molar-refractivity contribution < 1.29 is 8.42 Å². The molecular formula is C13H22N2O2S2. The average Bonchev–Trinajstić information content (AvgIpc) is 2.87. The van der Waals surface area contributed by atoms with Crippen molar-refractivity contribution in [2.24, 2.45) is 0 Å². The average molecular weight is 302 g/mol. The summed E-state index contributed by atoms with van der Waals surface area (Å²) < 4.78 is 27.0. The van der Waals surface area contributed by atoms with E-state index in [2.05, 4.69) is 19.2 Å². The second-order valence-electron chi connectivity index (χ2n) is 5.27. The second-order valence-corrected chi connectivity index (χ2v) is 8.35. The van der Waals surface area contributed by atoms with E-state index in [1.807, 2.05) is 11.4 Å². The molecule has 1 aliphatic heterocycles. The predicted molar refractivity (Wildman–Crippen MR) is 78.9 cm³/mol. The molecule has 1 aromatic heterocycles. The van der Waals surface area contributed by atoms with E-state index in [0.717, 1.165) is 31.4 Å². The summed E-state index contributed by atoms with van der Waals surface area (Å²) in [5.74, 6) is 0. The van der Waals surface area contributed by atoms with E-state index in [-0.39, 0.29) is 0 Å². The highest BCUT2D eigenvalue weighted by molar-refractivity contribution is 7.91. The van der Waals surface area contributed by atoms with Crippen molar-refractivity contribution in [3.05, 3.63) is 17.0 Å². The summed E-state index contributed by atoms with van der Waals surface area (Å²) in [6.45, 7) is 6.22. The number of thiophene rings is 1. The number of rotatable bonds is 5. The lowest BCUT2D eigenvalue weighted by atomic mass is 10.2. The molecule has 1 N–H and O–H groups in total. The number of hydrogen-bond acceptors (Lipinski definition) is 4. The lowest BCUT2D eigenvalue weighted by Gasteiger charge is -2.25. The van der Waals surface area contributed by atoms with Crippen LogP contribution in [0, 0.1) is 0 Å². The summed E-state index contributed by atoms with van der Waals surface area (Å²) in [6, 6.07) is 2.21. The van der Waals surface area contributed by atoms with Crippen LogP contribution in [0.1, 0.15) is 38.7 Å². The molecule has 0 atom stereocenters. The normalized spacial score (nSPS) is 18.1. The SMILES string of the molecule is CC(C)NCc1csc(S(=O)(=O)N2CCCCC2)c1. The Bertz CT molecular complexity index is 502. The van der Waals surface area contributed by atoms with Gasteiger partial charge >= 0.3 is 0 Å². The van der Waals surface area contributed by atoms with E-state index in [1.165, 1.54) is 11.3 Å². The molecule has 0 radical (unpaired) electrons. The molecule has 0 bridgehead atoms. The summed E-state index contributed by atoms with van der Waals surface area (Å²) >= 11 is 1.33. The summed E-state index contributed by atoms with van der Waals surface area (Å²) in [5.41, 5.74) is 1.05. The second kappa shape index (κ2) is 6.35. The zero-order chi connectivity index (χ0) is 13.9. The van der Waals surface area contributed by atoms with Crippen molar-refractivity contribution in [3.63, 3.8) is 0 Å². The Balaban J connectivity index is 2.08. The summed E-state index contributed by atoms with van der Waals surface area (Å²) in [6.07, 6.45) is 3.10. The Kier molecular flexibility index (Phi) is 5.00. The van der Waals surface area contributed by atoms with Gasteiger partial charge in [-0.3, -0.25) is 0 Å². The first-order valence-electron chi connectivity index (χ1n) is 6.81. The van der Waals surface area contributed by atoms with Gasteiger partial charge in [0.25, 0.3) is 10.0 Å². The third-order valence-electron chi connectivity index (χ3n) is 3.25. The molecule has 19 heavy (non-hydrogen) atoms. The Morgan fingerprint density at radius 1 is 1.32 bits per heavy atom. The summed E-state index contributed by atoms with van der Waals surface area (Å²) in [7, 11) is -3.26. The van der Waals surface area contributed by atoms with Crippen molar-refractivity contribution in [1.29, 1.82) is 0 Å². The highest BCUT2D eigenvalue weighted by Crippen LogP contribution is 2.26. The van der Waals surface area contributed by atoms with Crippen LogP contribution in [0.5, 0.6) is 0 Å². The van der Waals surface area contributed by atoms with Gasteiger partial charge in [-0.1, -0.05) is 20.3 Å². The maximum atomic E-state index is 12.5. The maximum Gasteiger partial charge on any atom is 0.252 e. The number of hydrogen-bond donors (Lipinski definition) is 1. The minimum absolute atomic E-state index is 0.405. The van der Waals surface area contributed by atoms with Gasteiger partial charge in [0.05, 0.1) is 0 Å². The molecule has 0 saturated carbocycles. The highest BCUT2D eigenvalue weighted by atomic mass is 32.2. The van der Waals surface area contributed by atoms with Crippen LogP contribution in [-0.2, 0) is 16.6 Å². The standard InChI is InChI=1S/C13H22N2O2S2/c1-11(2)14-9-12-8-13(18-10-12)19(16,17)15-6-4-3-5-7-15/h8,10-11,14H,3-7,9H2,1-2H3. The summed E-state index contributed by atoms with van der Waals surface area (Å²) in [4.78, 5) is 0. The van der Waals surface area contributed by atoms with Crippen molar-refractivity contribution in [2.45, 2.75) is 49.9 Å². The van der Waals surface area contributed by atoms with Crippen LogP contribution < -0.4 is 5.32 Å². The topological polar surface area (TPSA) is 49.4 Å². The molecule has 1 fully saturated rings. The Morgan fingerprint density at radius 3 is 2.63 bits per heavy atom. The van der Waals surface area contributed by atoms with Gasteiger partial charge in [-0.25, -0.2) is 8.42 Å². The molecular weight excluding hydrogens is 280 g/mol. The molecule has 2 heterocycles. The van der Waals surface area contributed by atoms with Gasteiger partial charge in [-0.2, -0.15) is 4.31 Å². The van der Waals surface area contributed by atoms with Crippen molar-refractivity contribution in [2.75, 3.05) is 13.1 Å². The van der Waals surface area contributed by atoms with Crippen LogP contribution in [0.25, 0.3) is 0 Å². The Labute approximate surface area is 119 Å². The van der Waals surface area contributed by atoms with Crippen LogP contribution in [0.3, 0.4) is 0 Å². The largest absolute Gasteiger partial charge is 0.310 e. The number of nitrogens with one attached hydrogen (secondary N) is 1. The van der Waals surface area contributed by atoms with Crippen LogP contribution in [0.2, 0.25) is 0 Å². The fourth-order valence-electron chi connectivity index (χ4n) is 2.14. The van der Waals surface area contributed by atoms with Gasteiger partial charge in [0.2, 0.25) is 0 Å².